The summed E-state index contributed by atoms with van der Waals surface area (Å²) in [7, 11) is 0. The third-order valence-corrected chi connectivity index (χ3v) is 4.45. The third-order valence-electron chi connectivity index (χ3n) is 4.21. The van der Waals surface area contributed by atoms with Crippen molar-refractivity contribution in [2.45, 2.75) is 44.5 Å². The van der Waals surface area contributed by atoms with Crippen LogP contribution in [-0.4, -0.2) is 36.1 Å². The van der Waals surface area contributed by atoms with Crippen LogP contribution >= 0.6 is 11.6 Å². The van der Waals surface area contributed by atoms with E-state index < -0.39 is 0 Å². The van der Waals surface area contributed by atoms with Crippen LogP contribution in [0.5, 0.6) is 0 Å². The molecule has 2 saturated heterocycles. The number of rotatable bonds is 3. The van der Waals surface area contributed by atoms with Crippen molar-refractivity contribution in [3.8, 4) is 0 Å². The Balaban J connectivity index is 1.78. The molecule has 4 nitrogen and oxygen atoms in total. The summed E-state index contributed by atoms with van der Waals surface area (Å²) in [4.78, 5) is 14.3. The van der Waals surface area contributed by atoms with Crippen molar-refractivity contribution < 1.29 is 9.53 Å². The number of nitrogens with one attached hydrogen (secondary N) is 1. The molecule has 3 atom stereocenters. The van der Waals surface area contributed by atoms with Gasteiger partial charge in [0.05, 0.1) is 12.1 Å². The first kappa shape index (κ1) is 14.8. The van der Waals surface area contributed by atoms with Gasteiger partial charge in [-0.25, -0.2) is 0 Å². The van der Waals surface area contributed by atoms with Crippen LogP contribution < -0.4 is 5.32 Å². The van der Waals surface area contributed by atoms with Crippen LogP contribution in [0.15, 0.2) is 24.3 Å². The van der Waals surface area contributed by atoms with Crippen molar-refractivity contribution in [2.24, 2.45) is 0 Å². The lowest BCUT2D eigenvalue weighted by atomic mass is 10.1. The number of ether oxygens (including phenoxy) is 1. The topological polar surface area (TPSA) is 41.6 Å². The number of hydrogen-bond acceptors (Lipinski definition) is 3. The zero-order valence-corrected chi connectivity index (χ0v) is 13.0. The highest BCUT2D eigenvalue weighted by molar-refractivity contribution is 6.30. The number of halogens is 1. The van der Waals surface area contributed by atoms with Gasteiger partial charge in [0.25, 0.3) is 0 Å². The van der Waals surface area contributed by atoms with E-state index in [0.29, 0.717) is 11.6 Å². The molecule has 114 valence electrons. The number of carbonyl (C=O) groups excluding carboxylic acids is 1. The van der Waals surface area contributed by atoms with Gasteiger partial charge >= 0.3 is 0 Å². The van der Waals surface area contributed by atoms with Crippen molar-refractivity contribution >= 4 is 17.5 Å². The largest absolute Gasteiger partial charge is 0.376 e. The van der Waals surface area contributed by atoms with E-state index in [0.717, 1.165) is 25.0 Å². The molecule has 2 heterocycles. The minimum Gasteiger partial charge on any atom is -0.376 e. The maximum absolute atomic E-state index is 12.4. The highest BCUT2D eigenvalue weighted by atomic mass is 35.5. The fourth-order valence-electron chi connectivity index (χ4n) is 3.09. The highest BCUT2D eigenvalue weighted by Crippen LogP contribution is 2.28. The number of amides is 1. The first-order valence-corrected chi connectivity index (χ1v) is 7.96. The lowest BCUT2D eigenvalue weighted by molar-refractivity contribution is -0.132. The van der Waals surface area contributed by atoms with Gasteiger partial charge in [0.1, 0.15) is 6.17 Å². The second-order valence-electron chi connectivity index (χ2n) is 5.83. The molecule has 1 amide bonds. The molecule has 0 saturated carbocycles. The van der Waals surface area contributed by atoms with Gasteiger partial charge in [0.15, 0.2) is 0 Å². The fourth-order valence-corrected chi connectivity index (χ4v) is 3.29. The van der Waals surface area contributed by atoms with Crippen LogP contribution in [0.2, 0.25) is 5.02 Å². The van der Waals surface area contributed by atoms with E-state index in [1.807, 2.05) is 36.1 Å². The number of benzene rings is 1. The average molecular weight is 309 g/mol. The molecular weight excluding hydrogens is 288 g/mol. The smallest absolute Gasteiger partial charge is 0.241 e. The number of carbonyl (C=O) groups is 1. The third kappa shape index (κ3) is 3.23. The summed E-state index contributed by atoms with van der Waals surface area (Å²) < 4.78 is 5.78. The molecule has 0 aliphatic carbocycles. The Kier molecular flexibility index (Phi) is 4.48. The molecule has 2 aliphatic rings. The van der Waals surface area contributed by atoms with Gasteiger partial charge in [0.2, 0.25) is 5.91 Å². The molecule has 3 rings (SSSR count). The zero-order chi connectivity index (χ0) is 14.8. The van der Waals surface area contributed by atoms with Gasteiger partial charge in [-0.2, -0.15) is 0 Å². The molecule has 5 heteroatoms. The lowest BCUT2D eigenvalue weighted by Gasteiger charge is -2.31. The summed E-state index contributed by atoms with van der Waals surface area (Å²) >= 11 is 6.08. The zero-order valence-electron chi connectivity index (χ0n) is 12.2. The van der Waals surface area contributed by atoms with Crippen LogP contribution in [0.1, 0.15) is 37.9 Å². The molecule has 0 spiro atoms. The monoisotopic (exact) mass is 308 g/mol. The minimum atomic E-state index is -0.169. The van der Waals surface area contributed by atoms with E-state index in [1.165, 1.54) is 6.42 Å². The number of hydrogen-bond donors (Lipinski definition) is 1. The second kappa shape index (κ2) is 6.34. The Morgan fingerprint density at radius 1 is 1.43 bits per heavy atom. The molecule has 3 unspecified atom stereocenters. The number of nitrogens with zero attached hydrogens (tertiary/aromatic N) is 1. The van der Waals surface area contributed by atoms with Crippen LogP contribution in [0.25, 0.3) is 0 Å². The molecule has 2 aliphatic heterocycles. The first-order chi connectivity index (χ1) is 10.1. The molecule has 0 aromatic heterocycles. The molecule has 21 heavy (non-hydrogen) atoms. The molecule has 1 aromatic carbocycles. The molecule has 2 fully saturated rings. The summed E-state index contributed by atoms with van der Waals surface area (Å²) in [5.74, 6) is 0.133. The Morgan fingerprint density at radius 2 is 2.29 bits per heavy atom. The Labute approximate surface area is 130 Å². The first-order valence-electron chi connectivity index (χ1n) is 7.59. The second-order valence-corrected chi connectivity index (χ2v) is 6.26. The maximum atomic E-state index is 12.4. The summed E-state index contributed by atoms with van der Waals surface area (Å²) in [5, 5.41) is 4.04. The van der Waals surface area contributed by atoms with Gasteiger partial charge in [-0.05, 0) is 43.9 Å². The van der Waals surface area contributed by atoms with Crippen molar-refractivity contribution in [1.82, 2.24) is 10.2 Å². The van der Waals surface area contributed by atoms with E-state index in [9.17, 15) is 4.79 Å². The summed E-state index contributed by atoms with van der Waals surface area (Å²) in [6, 6.07) is 7.52. The van der Waals surface area contributed by atoms with Gasteiger partial charge in [-0.3, -0.25) is 10.1 Å². The molecule has 1 aromatic rings. The van der Waals surface area contributed by atoms with E-state index >= 15 is 0 Å². The van der Waals surface area contributed by atoms with Crippen LogP contribution in [0, 0.1) is 0 Å². The SMILES string of the molecule is CC1NC(c2cccc(Cl)c2)N(CC2CCCCO2)C1=O. The Hall–Kier alpha value is -1.10. The fraction of sp³-hybridized carbons (Fsp3) is 0.562. The lowest BCUT2D eigenvalue weighted by Crippen LogP contribution is -2.39. The highest BCUT2D eigenvalue weighted by Gasteiger charge is 2.38. The maximum Gasteiger partial charge on any atom is 0.241 e. The van der Waals surface area contributed by atoms with E-state index in [4.69, 9.17) is 16.3 Å². The van der Waals surface area contributed by atoms with Crippen molar-refractivity contribution in [1.29, 1.82) is 0 Å². The van der Waals surface area contributed by atoms with E-state index in [2.05, 4.69) is 5.32 Å². The van der Waals surface area contributed by atoms with Gasteiger partial charge in [-0.15, -0.1) is 0 Å². The molecular formula is C16H21ClN2O2. The van der Waals surface area contributed by atoms with Crippen LogP contribution in [0.4, 0.5) is 0 Å². The minimum absolute atomic E-state index is 0.114. The van der Waals surface area contributed by atoms with Gasteiger partial charge in [-0.1, -0.05) is 23.7 Å². The van der Waals surface area contributed by atoms with E-state index in [-0.39, 0.29) is 24.2 Å². The van der Waals surface area contributed by atoms with Crippen molar-refractivity contribution in [3.63, 3.8) is 0 Å². The summed E-state index contributed by atoms with van der Waals surface area (Å²) in [6.45, 7) is 3.35. The molecule has 1 N–H and O–H groups in total. The predicted octanol–water partition coefficient (Wildman–Crippen LogP) is 2.73. The van der Waals surface area contributed by atoms with E-state index in [1.54, 1.807) is 0 Å². The standard InChI is InChI=1S/C16H21ClN2O2/c1-11-16(20)19(10-14-7-2-3-8-21-14)15(18-11)12-5-4-6-13(17)9-12/h4-6,9,11,14-15,18H,2-3,7-8,10H2,1H3. The van der Waals surface area contributed by atoms with Crippen molar-refractivity contribution in [3.05, 3.63) is 34.9 Å². The van der Waals surface area contributed by atoms with Crippen LogP contribution in [0.3, 0.4) is 0 Å². The van der Waals surface area contributed by atoms with Gasteiger partial charge in [0, 0.05) is 18.2 Å². The Bertz CT molecular complexity index is 517. The van der Waals surface area contributed by atoms with Gasteiger partial charge < -0.3 is 9.64 Å². The Morgan fingerprint density at radius 3 is 3.00 bits per heavy atom. The molecule has 0 radical (unpaired) electrons. The van der Waals surface area contributed by atoms with Crippen LogP contribution in [-0.2, 0) is 9.53 Å². The average Bonchev–Trinajstić information content (AvgIpc) is 2.77. The molecule has 0 bridgehead atoms. The summed E-state index contributed by atoms with van der Waals surface area (Å²) in [6.07, 6.45) is 3.36. The quantitative estimate of drug-likeness (QED) is 0.933. The normalized spacial score (nSPS) is 29.9. The predicted molar refractivity (Wildman–Crippen MR) is 82.1 cm³/mol. The summed E-state index contributed by atoms with van der Waals surface area (Å²) in [5.41, 5.74) is 1.02. The van der Waals surface area contributed by atoms with Crippen molar-refractivity contribution in [2.75, 3.05) is 13.2 Å².